The van der Waals surface area contributed by atoms with Gasteiger partial charge in [0.05, 0.1) is 6.61 Å². The summed E-state index contributed by atoms with van der Waals surface area (Å²) in [6, 6.07) is 0. The van der Waals surface area contributed by atoms with Crippen LogP contribution in [0.3, 0.4) is 0 Å². The summed E-state index contributed by atoms with van der Waals surface area (Å²) in [6.45, 7) is 5.63. The van der Waals surface area contributed by atoms with Crippen LogP contribution in [0.2, 0.25) is 0 Å². The topological polar surface area (TPSA) is 43.4 Å². The molecule has 0 aliphatic heterocycles. The first kappa shape index (κ1) is 11.9. The summed E-state index contributed by atoms with van der Waals surface area (Å²) < 4.78 is 4.67. The van der Waals surface area contributed by atoms with Crippen molar-refractivity contribution in [3.05, 3.63) is 11.6 Å². The Balaban J connectivity index is 4.14. The minimum atomic E-state index is -0.440. The fourth-order valence-electron chi connectivity index (χ4n) is 0.865. The van der Waals surface area contributed by atoms with Crippen LogP contribution in [0, 0.1) is 0 Å². The molecule has 0 fully saturated rings. The van der Waals surface area contributed by atoms with Crippen LogP contribution in [-0.4, -0.2) is 18.4 Å². The second-order valence-electron chi connectivity index (χ2n) is 2.75. The largest absolute Gasteiger partial charge is 0.463 e. The highest BCUT2D eigenvalue weighted by atomic mass is 16.5. The average molecular weight is 184 g/mol. The van der Waals surface area contributed by atoms with Gasteiger partial charge in [0, 0.05) is 12.5 Å². The van der Waals surface area contributed by atoms with E-state index in [1.54, 1.807) is 13.8 Å². The molecular weight excluding hydrogens is 168 g/mol. The number of hydrogen-bond acceptors (Lipinski definition) is 3. The van der Waals surface area contributed by atoms with Crippen molar-refractivity contribution in [3.63, 3.8) is 0 Å². The molecule has 3 heteroatoms. The van der Waals surface area contributed by atoms with Gasteiger partial charge >= 0.3 is 5.97 Å². The Morgan fingerprint density at radius 3 is 2.38 bits per heavy atom. The van der Waals surface area contributed by atoms with E-state index in [0.717, 1.165) is 6.42 Å². The van der Waals surface area contributed by atoms with Crippen LogP contribution in [-0.2, 0) is 14.3 Å². The lowest BCUT2D eigenvalue weighted by molar-refractivity contribution is -0.137. The minimum Gasteiger partial charge on any atom is -0.463 e. The first-order chi connectivity index (χ1) is 6.11. The van der Waals surface area contributed by atoms with Crippen molar-refractivity contribution in [2.75, 3.05) is 6.61 Å². The van der Waals surface area contributed by atoms with Crippen LogP contribution in [0.15, 0.2) is 11.6 Å². The van der Waals surface area contributed by atoms with Crippen LogP contribution < -0.4 is 0 Å². The van der Waals surface area contributed by atoms with E-state index < -0.39 is 5.97 Å². The third kappa shape index (κ3) is 5.17. The van der Waals surface area contributed by atoms with Crippen molar-refractivity contribution in [2.24, 2.45) is 0 Å². The second kappa shape index (κ2) is 6.40. The summed E-state index contributed by atoms with van der Waals surface area (Å²) in [7, 11) is 0. The minimum absolute atomic E-state index is 0.00977. The quantitative estimate of drug-likeness (QED) is 0.484. The Bertz CT molecular complexity index is 216. The third-order valence-corrected chi connectivity index (χ3v) is 1.54. The summed E-state index contributed by atoms with van der Waals surface area (Å²) in [5, 5.41) is 0. The summed E-state index contributed by atoms with van der Waals surface area (Å²) in [5.41, 5.74) is 0.473. The SMILES string of the molecule is CCCC(=O)/C(C)=C/C(=O)OCC. The molecule has 0 N–H and O–H groups in total. The van der Waals surface area contributed by atoms with Gasteiger partial charge in [-0.1, -0.05) is 6.92 Å². The van der Waals surface area contributed by atoms with Crippen LogP contribution in [0.25, 0.3) is 0 Å². The Hall–Kier alpha value is -1.12. The average Bonchev–Trinajstić information content (AvgIpc) is 2.05. The maximum atomic E-state index is 11.2. The fourth-order valence-corrected chi connectivity index (χ4v) is 0.865. The van der Waals surface area contributed by atoms with E-state index in [9.17, 15) is 9.59 Å². The number of ketones is 1. The number of allylic oxidation sites excluding steroid dienone is 1. The van der Waals surface area contributed by atoms with Gasteiger partial charge in [0.2, 0.25) is 0 Å². The van der Waals surface area contributed by atoms with E-state index in [-0.39, 0.29) is 5.78 Å². The predicted octanol–water partition coefficient (Wildman–Crippen LogP) is 1.86. The highest BCUT2D eigenvalue weighted by Gasteiger charge is 2.05. The van der Waals surface area contributed by atoms with E-state index in [1.807, 2.05) is 6.92 Å². The Kier molecular flexibility index (Phi) is 5.85. The van der Waals surface area contributed by atoms with Gasteiger partial charge in [-0.2, -0.15) is 0 Å². The molecule has 0 unspecified atom stereocenters. The molecule has 0 aliphatic carbocycles. The predicted molar refractivity (Wildman–Crippen MR) is 50.3 cm³/mol. The normalized spacial score (nSPS) is 11.2. The molecule has 0 heterocycles. The van der Waals surface area contributed by atoms with Gasteiger partial charge in [0.15, 0.2) is 5.78 Å². The van der Waals surface area contributed by atoms with E-state index in [1.165, 1.54) is 6.08 Å². The van der Waals surface area contributed by atoms with E-state index in [2.05, 4.69) is 4.74 Å². The molecule has 0 atom stereocenters. The molecule has 0 spiro atoms. The number of carbonyl (C=O) groups is 2. The smallest absolute Gasteiger partial charge is 0.331 e. The molecule has 13 heavy (non-hydrogen) atoms. The molecule has 0 aromatic rings. The number of Topliss-reactive ketones (excluding diaryl/α,β-unsaturated/α-hetero) is 1. The number of rotatable bonds is 5. The zero-order valence-electron chi connectivity index (χ0n) is 8.42. The van der Waals surface area contributed by atoms with Gasteiger partial charge in [-0.25, -0.2) is 4.79 Å². The zero-order chi connectivity index (χ0) is 10.3. The van der Waals surface area contributed by atoms with Gasteiger partial charge in [-0.05, 0) is 25.8 Å². The molecule has 0 amide bonds. The lowest BCUT2D eigenvalue weighted by Gasteiger charge is -1.99. The van der Waals surface area contributed by atoms with Gasteiger partial charge in [-0.3, -0.25) is 4.79 Å². The molecule has 0 aromatic heterocycles. The Labute approximate surface area is 78.8 Å². The molecule has 74 valence electrons. The summed E-state index contributed by atoms with van der Waals surface area (Å²) in [6.07, 6.45) is 2.54. The Morgan fingerprint density at radius 1 is 1.31 bits per heavy atom. The highest BCUT2D eigenvalue weighted by molar-refractivity contribution is 6.00. The summed E-state index contributed by atoms with van der Waals surface area (Å²) in [5.74, 6) is -0.431. The zero-order valence-corrected chi connectivity index (χ0v) is 8.42. The first-order valence-corrected chi connectivity index (χ1v) is 4.50. The second-order valence-corrected chi connectivity index (χ2v) is 2.75. The van der Waals surface area contributed by atoms with Gasteiger partial charge in [0.1, 0.15) is 0 Å². The standard InChI is InChI=1S/C10H16O3/c1-4-6-9(11)8(3)7-10(12)13-5-2/h7H,4-6H2,1-3H3/b8-7+. The van der Waals surface area contributed by atoms with Crippen molar-refractivity contribution in [1.29, 1.82) is 0 Å². The summed E-state index contributed by atoms with van der Waals surface area (Å²) in [4.78, 5) is 22.1. The maximum Gasteiger partial charge on any atom is 0.331 e. The molecule has 0 radical (unpaired) electrons. The van der Waals surface area contributed by atoms with Crippen molar-refractivity contribution in [1.82, 2.24) is 0 Å². The molecule has 0 saturated carbocycles. The van der Waals surface area contributed by atoms with Gasteiger partial charge in [0.25, 0.3) is 0 Å². The highest BCUT2D eigenvalue weighted by Crippen LogP contribution is 2.01. The monoisotopic (exact) mass is 184 g/mol. The van der Waals surface area contributed by atoms with Gasteiger partial charge in [-0.15, -0.1) is 0 Å². The van der Waals surface area contributed by atoms with Crippen molar-refractivity contribution >= 4 is 11.8 Å². The molecule has 0 saturated heterocycles. The number of ether oxygens (including phenoxy) is 1. The van der Waals surface area contributed by atoms with Crippen LogP contribution in [0.5, 0.6) is 0 Å². The molecule has 3 nitrogen and oxygen atoms in total. The van der Waals surface area contributed by atoms with Crippen LogP contribution in [0.1, 0.15) is 33.6 Å². The number of hydrogen-bond donors (Lipinski definition) is 0. The number of carbonyl (C=O) groups excluding carboxylic acids is 2. The van der Waals surface area contributed by atoms with E-state index in [4.69, 9.17) is 0 Å². The van der Waals surface area contributed by atoms with Crippen LogP contribution >= 0.6 is 0 Å². The van der Waals surface area contributed by atoms with Gasteiger partial charge < -0.3 is 4.74 Å². The fraction of sp³-hybridized carbons (Fsp3) is 0.600. The molecule has 0 rings (SSSR count). The molecule has 0 bridgehead atoms. The molecule has 0 aliphatic rings. The number of esters is 1. The molecular formula is C10H16O3. The first-order valence-electron chi connectivity index (χ1n) is 4.50. The van der Waals surface area contributed by atoms with Crippen molar-refractivity contribution in [3.8, 4) is 0 Å². The summed E-state index contributed by atoms with van der Waals surface area (Å²) >= 11 is 0. The van der Waals surface area contributed by atoms with E-state index >= 15 is 0 Å². The lowest BCUT2D eigenvalue weighted by atomic mass is 10.1. The lowest BCUT2D eigenvalue weighted by Crippen LogP contribution is -2.05. The Morgan fingerprint density at radius 2 is 1.92 bits per heavy atom. The maximum absolute atomic E-state index is 11.2. The van der Waals surface area contributed by atoms with Crippen molar-refractivity contribution in [2.45, 2.75) is 33.6 Å². The molecule has 0 aromatic carbocycles. The van der Waals surface area contributed by atoms with Crippen molar-refractivity contribution < 1.29 is 14.3 Å². The third-order valence-electron chi connectivity index (χ3n) is 1.54. The van der Waals surface area contributed by atoms with E-state index in [0.29, 0.717) is 18.6 Å². The van der Waals surface area contributed by atoms with Crippen LogP contribution in [0.4, 0.5) is 0 Å².